The van der Waals surface area contributed by atoms with Crippen LogP contribution in [0.1, 0.15) is 12.8 Å². The molecule has 82 valence electrons. The van der Waals surface area contributed by atoms with Gasteiger partial charge in [0.15, 0.2) is 24.3 Å². The van der Waals surface area contributed by atoms with E-state index in [9.17, 15) is 16.8 Å². The fourth-order valence-corrected chi connectivity index (χ4v) is 7.19. The topological polar surface area (TPSA) is 77.5 Å². The minimum atomic E-state index is -3.56. The van der Waals surface area contributed by atoms with Gasteiger partial charge in [-0.3, -0.25) is 0 Å². The average molecular weight is 240 g/mol. The van der Waals surface area contributed by atoms with Gasteiger partial charge in [0.1, 0.15) is 6.10 Å². The molecule has 2 heterocycles. The van der Waals surface area contributed by atoms with Gasteiger partial charge in [0, 0.05) is 12.9 Å². The van der Waals surface area contributed by atoms with Crippen LogP contribution >= 0.6 is 0 Å². The van der Waals surface area contributed by atoms with E-state index in [1.54, 1.807) is 0 Å². The first-order valence-electron chi connectivity index (χ1n) is 4.38. The summed E-state index contributed by atoms with van der Waals surface area (Å²) in [6, 6.07) is 0. The largest absolute Gasteiger partial charge is 0.374 e. The molecule has 0 saturated carbocycles. The van der Waals surface area contributed by atoms with Crippen LogP contribution in [0.4, 0.5) is 0 Å². The van der Waals surface area contributed by atoms with Crippen molar-refractivity contribution in [3.8, 4) is 0 Å². The molecular weight excluding hydrogens is 228 g/mol. The molecule has 0 aromatic carbocycles. The van der Waals surface area contributed by atoms with Crippen molar-refractivity contribution < 1.29 is 21.6 Å². The highest BCUT2D eigenvalue weighted by Gasteiger charge is 2.62. The summed E-state index contributed by atoms with van der Waals surface area (Å²) in [6.07, 6.45) is 1.54. The zero-order valence-electron chi connectivity index (χ0n) is 7.71. The highest BCUT2D eigenvalue weighted by atomic mass is 32.3. The fraction of sp³-hybridized carbons (Fsp3) is 1.00. The molecule has 2 aliphatic heterocycles. The lowest BCUT2D eigenvalue weighted by molar-refractivity contribution is 0.0134. The van der Waals surface area contributed by atoms with Gasteiger partial charge in [-0.2, -0.15) is 0 Å². The van der Waals surface area contributed by atoms with Gasteiger partial charge >= 0.3 is 0 Å². The molecule has 14 heavy (non-hydrogen) atoms. The molecule has 3 atom stereocenters. The Balaban J connectivity index is 2.37. The summed E-state index contributed by atoms with van der Waals surface area (Å²) < 4.78 is 49.5. The van der Waals surface area contributed by atoms with Crippen molar-refractivity contribution in [2.75, 3.05) is 12.9 Å². The van der Waals surface area contributed by atoms with E-state index in [0.29, 0.717) is 19.4 Å². The van der Waals surface area contributed by atoms with E-state index in [4.69, 9.17) is 4.74 Å². The number of sulfone groups is 2. The molecule has 0 aliphatic carbocycles. The Morgan fingerprint density at radius 3 is 2.57 bits per heavy atom. The maximum Gasteiger partial charge on any atom is 0.190 e. The molecule has 0 bridgehead atoms. The molecule has 5 nitrogen and oxygen atoms in total. The van der Waals surface area contributed by atoms with Gasteiger partial charge in [0.25, 0.3) is 0 Å². The minimum Gasteiger partial charge on any atom is -0.374 e. The number of hydrogen-bond donors (Lipinski definition) is 0. The molecule has 0 unspecified atom stereocenters. The molecule has 0 radical (unpaired) electrons. The standard InChI is InChI=1S/C7H12O5S2/c1-13(8,9)7-6-5(14(7,10)11)3-2-4-12-6/h5-7H,2-4H2,1H3/t5-,6-,7+/m1/s1. The Morgan fingerprint density at radius 1 is 1.36 bits per heavy atom. The third-order valence-electron chi connectivity index (χ3n) is 2.75. The first kappa shape index (κ1) is 10.4. The van der Waals surface area contributed by atoms with Crippen LogP contribution in [-0.2, 0) is 24.4 Å². The van der Waals surface area contributed by atoms with Crippen LogP contribution in [-0.4, -0.2) is 45.6 Å². The molecule has 0 N–H and O–H groups in total. The monoisotopic (exact) mass is 240 g/mol. The summed E-state index contributed by atoms with van der Waals surface area (Å²) in [5, 5.41) is -0.587. The normalized spacial score (nSPS) is 41.1. The van der Waals surface area contributed by atoms with Crippen molar-refractivity contribution in [3.05, 3.63) is 0 Å². The van der Waals surface area contributed by atoms with Crippen molar-refractivity contribution in [1.82, 2.24) is 0 Å². The van der Waals surface area contributed by atoms with Crippen molar-refractivity contribution in [1.29, 1.82) is 0 Å². The van der Waals surface area contributed by atoms with Gasteiger partial charge in [-0.1, -0.05) is 0 Å². The van der Waals surface area contributed by atoms with Gasteiger partial charge in [-0.15, -0.1) is 0 Å². The summed E-state index contributed by atoms with van der Waals surface area (Å²) in [5.41, 5.74) is 0. The van der Waals surface area contributed by atoms with E-state index in [2.05, 4.69) is 0 Å². The molecule has 0 aromatic heterocycles. The van der Waals surface area contributed by atoms with Crippen LogP contribution in [0.15, 0.2) is 0 Å². The molecule has 0 amide bonds. The third-order valence-corrected chi connectivity index (χ3v) is 7.98. The van der Waals surface area contributed by atoms with Crippen LogP contribution in [0.2, 0.25) is 0 Å². The zero-order valence-corrected chi connectivity index (χ0v) is 9.34. The second-order valence-electron chi connectivity index (χ2n) is 3.80. The number of fused-ring (bicyclic) bond motifs is 1. The number of rotatable bonds is 1. The quantitative estimate of drug-likeness (QED) is 0.607. The Kier molecular flexibility index (Phi) is 2.17. The van der Waals surface area contributed by atoms with Gasteiger partial charge in [-0.25, -0.2) is 16.8 Å². The molecular formula is C7H12O5S2. The smallest absolute Gasteiger partial charge is 0.190 e. The second-order valence-corrected chi connectivity index (χ2v) is 8.56. The van der Waals surface area contributed by atoms with Crippen LogP contribution < -0.4 is 0 Å². The van der Waals surface area contributed by atoms with Crippen LogP contribution in [0.25, 0.3) is 0 Å². The zero-order chi connectivity index (χ0) is 10.6. The van der Waals surface area contributed by atoms with Gasteiger partial charge < -0.3 is 4.74 Å². The van der Waals surface area contributed by atoms with Crippen LogP contribution in [0.5, 0.6) is 0 Å². The Hall–Kier alpha value is -0.140. The predicted octanol–water partition coefficient (Wildman–Crippen LogP) is -0.667. The van der Waals surface area contributed by atoms with E-state index in [1.165, 1.54) is 0 Å². The van der Waals surface area contributed by atoms with Crippen molar-refractivity contribution in [3.63, 3.8) is 0 Å². The van der Waals surface area contributed by atoms with E-state index < -0.39 is 35.6 Å². The van der Waals surface area contributed by atoms with Gasteiger partial charge in [0.05, 0.1) is 5.25 Å². The average Bonchev–Trinajstić information content (AvgIpc) is 2.00. The maximum absolute atomic E-state index is 11.6. The summed E-state index contributed by atoms with van der Waals surface area (Å²) in [4.78, 5) is 0. The van der Waals surface area contributed by atoms with Crippen molar-refractivity contribution in [2.24, 2.45) is 0 Å². The lowest BCUT2D eigenvalue weighted by Gasteiger charge is -2.44. The molecule has 2 rings (SSSR count). The Labute approximate surface area is 83.3 Å². The van der Waals surface area contributed by atoms with E-state index in [0.717, 1.165) is 6.26 Å². The second kappa shape index (κ2) is 2.93. The summed E-state index contributed by atoms with van der Waals surface area (Å²) in [5.74, 6) is 0. The van der Waals surface area contributed by atoms with Gasteiger partial charge in [-0.05, 0) is 12.8 Å². The molecule has 7 heteroatoms. The minimum absolute atomic E-state index is 0.461. The highest BCUT2D eigenvalue weighted by molar-refractivity contribution is 8.10. The predicted molar refractivity (Wildman–Crippen MR) is 50.3 cm³/mol. The molecule has 0 aromatic rings. The lowest BCUT2D eigenvalue weighted by atomic mass is 10.1. The van der Waals surface area contributed by atoms with Crippen LogP contribution in [0, 0.1) is 0 Å². The Bertz CT molecular complexity index is 435. The Morgan fingerprint density at radius 2 is 2.00 bits per heavy atom. The number of ether oxygens (including phenoxy) is 1. The summed E-state index contributed by atoms with van der Waals surface area (Å²) in [7, 11) is -7.05. The summed E-state index contributed by atoms with van der Waals surface area (Å²) >= 11 is 0. The molecule has 0 spiro atoms. The fourth-order valence-electron chi connectivity index (χ4n) is 2.14. The molecule has 2 aliphatic rings. The number of hydrogen-bond acceptors (Lipinski definition) is 5. The third kappa shape index (κ3) is 1.30. The first-order valence-corrected chi connectivity index (χ1v) is 7.95. The lowest BCUT2D eigenvalue weighted by Crippen LogP contribution is -2.65. The van der Waals surface area contributed by atoms with Crippen molar-refractivity contribution >= 4 is 19.7 Å². The van der Waals surface area contributed by atoms with Gasteiger partial charge in [0.2, 0.25) is 0 Å². The maximum atomic E-state index is 11.6. The molecule has 2 fully saturated rings. The summed E-state index contributed by atoms with van der Waals surface area (Å²) in [6.45, 7) is 0.461. The SMILES string of the molecule is CS(=O)(=O)[C@@H]1[C@@H]2OCCC[C@H]2S1(=O)=O. The highest BCUT2D eigenvalue weighted by Crippen LogP contribution is 2.40. The molecule has 2 saturated heterocycles. The first-order chi connectivity index (χ1) is 6.35. The van der Waals surface area contributed by atoms with E-state index >= 15 is 0 Å². The van der Waals surface area contributed by atoms with E-state index in [1.807, 2.05) is 0 Å². The van der Waals surface area contributed by atoms with Crippen molar-refractivity contribution in [2.45, 2.75) is 28.8 Å². The van der Waals surface area contributed by atoms with E-state index in [-0.39, 0.29) is 0 Å². The van der Waals surface area contributed by atoms with Crippen LogP contribution in [0.3, 0.4) is 0 Å².